The maximum Gasteiger partial charge on any atom is 0.327 e. The van der Waals surface area contributed by atoms with Gasteiger partial charge in [-0.25, -0.2) is 4.79 Å². The SMILES string of the molecule is CCCCCCCCCCCCCCCCCC=CC(=O)O.[Sc]. The van der Waals surface area contributed by atoms with Crippen molar-refractivity contribution in [2.75, 3.05) is 0 Å². The fourth-order valence-electron chi connectivity index (χ4n) is 2.82. The van der Waals surface area contributed by atoms with Gasteiger partial charge >= 0.3 is 5.97 Å². The summed E-state index contributed by atoms with van der Waals surface area (Å²) in [7, 11) is 0. The molecule has 2 nitrogen and oxygen atoms in total. The Bertz CT molecular complexity index is 264. The van der Waals surface area contributed by atoms with Crippen LogP contribution in [0.5, 0.6) is 0 Å². The molecule has 0 aromatic carbocycles. The number of aliphatic carboxylic acids is 1. The average molecular weight is 355 g/mol. The molecule has 0 unspecified atom stereocenters. The topological polar surface area (TPSA) is 37.3 Å². The summed E-state index contributed by atoms with van der Waals surface area (Å²) < 4.78 is 0. The Morgan fingerprint density at radius 1 is 0.696 bits per heavy atom. The van der Waals surface area contributed by atoms with Crippen molar-refractivity contribution in [2.24, 2.45) is 0 Å². The van der Waals surface area contributed by atoms with Crippen molar-refractivity contribution in [1.29, 1.82) is 0 Å². The van der Waals surface area contributed by atoms with Gasteiger partial charge in [-0.05, 0) is 12.8 Å². The Hall–Kier alpha value is 0.0801. The number of unbranched alkanes of at least 4 members (excludes halogenated alkanes) is 15. The predicted molar refractivity (Wildman–Crippen MR) is 96.3 cm³/mol. The zero-order chi connectivity index (χ0) is 16.3. The fraction of sp³-hybridized carbons (Fsp3) is 0.850. The van der Waals surface area contributed by atoms with Gasteiger partial charge in [0.25, 0.3) is 0 Å². The van der Waals surface area contributed by atoms with Gasteiger partial charge in [-0.3, -0.25) is 0 Å². The second kappa shape index (κ2) is 22.1. The van der Waals surface area contributed by atoms with Gasteiger partial charge in [0, 0.05) is 31.9 Å². The maximum atomic E-state index is 10.3. The Balaban J connectivity index is 0. The van der Waals surface area contributed by atoms with Crippen LogP contribution in [0.3, 0.4) is 0 Å². The molecule has 1 N–H and O–H groups in total. The van der Waals surface area contributed by atoms with Crippen molar-refractivity contribution in [3.63, 3.8) is 0 Å². The summed E-state index contributed by atoms with van der Waals surface area (Å²) in [5.74, 6) is -0.832. The van der Waals surface area contributed by atoms with Gasteiger partial charge in [-0.2, -0.15) is 0 Å². The minimum Gasteiger partial charge on any atom is -0.478 e. The molecule has 0 aliphatic carbocycles. The molecule has 0 aliphatic rings. The van der Waals surface area contributed by atoms with E-state index in [9.17, 15) is 4.79 Å². The van der Waals surface area contributed by atoms with E-state index in [0.717, 1.165) is 12.8 Å². The third kappa shape index (κ3) is 24.5. The second-order valence-electron chi connectivity index (χ2n) is 6.48. The van der Waals surface area contributed by atoms with Crippen LogP contribution in [-0.4, -0.2) is 11.1 Å². The van der Waals surface area contributed by atoms with E-state index in [-0.39, 0.29) is 25.8 Å². The van der Waals surface area contributed by atoms with Crippen LogP contribution >= 0.6 is 0 Å². The van der Waals surface area contributed by atoms with Gasteiger partial charge in [0.1, 0.15) is 0 Å². The number of hydrogen-bond donors (Lipinski definition) is 1. The van der Waals surface area contributed by atoms with E-state index in [1.807, 2.05) is 0 Å². The summed E-state index contributed by atoms with van der Waals surface area (Å²) in [5.41, 5.74) is 0. The van der Waals surface area contributed by atoms with E-state index in [2.05, 4.69) is 6.92 Å². The van der Waals surface area contributed by atoms with Crippen LogP contribution < -0.4 is 0 Å². The largest absolute Gasteiger partial charge is 0.478 e. The normalized spacial score (nSPS) is 10.8. The summed E-state index contributed by atoms with van der Waals surface area (Å²) in [4.78, 5) is 10.3. The van der Waals surface area contributed by atoms with E-state index >= 15 is 0 Å². The quantitative estimate of drug-likeness (QED) is 0.228. The Morgan fingerprint density at radius 3 is 1.39 bits per heavy atom. The summed E-state index contributed by atoms with van der Waals surface area (Å²) in [6.07, 6.45) is 24.5. The first-order valence-electron chi connectivity index (χ1n) is 9.67. The molecule has 0 rings (SSSR count). The van der Waals surface area contributed by atoms with E-state index in [1.54, 1.807) is 6.08 Å². The van der Waals surface area contributed by atoms with Gasteiger partial charge in [0.05, 0.1) is 0 Å². The molecule has 0 aromatic rings. The minimum absolute atomic E-state index is 0. The molecule has 3 heteroatoms. The molecule has 0 bridgehead atoms. The third-order valence-corrected chi connectivity index (χ3v) is 4.23. The molecule has 0 heterocycles. The van der Waals surface area contributed by atoms with Crippen molar-refractivity contribution in [3.8, 4) is 0 Å². The fourth-order valence-corrected chi connectivity index (χ4v) is 2.82. The Labute approximate surface area is 163 Å². The average Bonchev–Trinajstić information content (AvgIpc) is 2.50. The molecule has 0 fully saturated rings. The van der Waals surface area contributed by atoms with Gasteiger partial charge in [-0.1, -0.05) is 103 Å². The van der Waals surface area contributed by atoms with Crippen molar-refractivity contribution in [2.45, 2.75) is 110 Å². The van der Waals surface area contributed by atoms with Crippen LogP contribution in [0.4, 0.5) is 0 Å². The molecule has 1 radical (unpaired) electrons. The molecular formula is C20H38O2Sc. The maximum absolute atomic E-state index is 10.3. The van der Waals surface area contributed by atoms with E-state index < -0.39 is 5.97 Å². The van der Waals surface area contributed by atoms with Gasteiger partial charge in [0.2, 0.25) is 0 Å². The first kappa shape index (κ1) is 25.3. The number of hydrogen-bond acceptors (Lipinski definition) is 1. The second-order valence-corrected chi connectivity index (χ2v) is 6.48. The van der Waals surface area contributed by atoms with E-state index in [1.165, 1.54) is 96.0 Å². The van der Waals surface area contributed by atoms with E-state index in [4.69, 9.17) is 5.11 Å². The Kier molecular flexibility index (Phi) is 24.3. The molecule has 0 saturated carbocycles. The smallest absolute Gasteiger partial charge is 0.327 e. The van der Waals surface area contributed by atoms with Crippen molar-refractivity contribution >= 4 is 5.97 Å². The molecule has 0 aromatic heterocycles. The molecular weight excluding hydrogens is 317 g/mol. The molecule has 0 atom stereocenters. The number of carboxylic acids is 1. The number of carboxylic acid groups (broad SMARTS) is 1. The van der Waals surface area contributed by atoms with Crippen LogP contribution in [0.15, 0.2) is 12.2 Å². The summed E-state index contributed by atoms with van der Waals surface area (Å²) in [6.45, 7) is 2.27. The zero-order valence-electron chi connectivity index (χ0n) is 15.4. The summed E-state index contributed by atoms with van der Waals surface area (Å²) in [5, 5.41) is 8.45. The molecule has 23 heavy (non-hydrogen) atoms. The summed E-state index contributed by atoms with van der Waals surface area (Å²) >= 11 is 0. The molecule has 133 valence electrons. The molecule has 0 aliphatic heterocycles. The van der Waals surface area contributed by atoms with Crippen molar-refractivity contribution in [3.05, 3.63) is 12.2 Å². The van der Waals surface area contributed by atoms with Crippen molar-refractivity contribution in [1.82, 2.24) is 0 Å². The predicted octanol–water partition coefficient (Wildman–Crippen LogP) is 6.89. The molecule has 0 spiro atoms. The number of rotatable bonds is 17. The van der Waals surface area contributed by atoms with Gasteiger partial charge < -0.3 is 5.11 Å². The first-order chi connectivity index (χ1) is 10.8. The number of allylic oxidation sites excluding steroid dienone is 1. The minimum atomic E-state index is -0.832. The standard InChI is InChI=1S/C20H38O2.Sc/c1-2-3-4-5-6-7-8-9-10-11-12-13-14-15-16-17-18-19-20(21)22;/h18-19H,2-17H2,1H3,(H,21,22);. The first-order valence-corrected chi connectivity index (χ1v) is 9.67. The van der Waals surface area contributed by atoms with Crippen LogP contribution in [0.25, 0.3) is 0 Å². The monoisotopic (exact) mass is 355 g/mol. The molecule has 0 saturated heterocycles. The van der Waals surface area contributed by atoms with Crippen LogP contribution in [0.2, 0.25) is 0 Å². The van der Waals surface area contributed by atoms with E-state index in [0.29, 0.717) is 0 Å². The van der Waals surface area contributed by atoms with Crippen LogP contribution in [-0.2, 0) is 30.6 Å². The third-order valence-electron chi connectivity index (χ3n) is 4.23. The van der Waals surface area contributed by atoms with Crippen molar-refractivity contribution < 1.29 is 35.7 Å². The number of carbonyl (C=O) groups is 1. The zero-order valence-corrected chi connectivity index (χ0v) is 17.2. The Morgan fingerprint density at radius 2 is 1.04 bits per heavy atom. The van der Waals surface area contributed by atoms with Crippen LogP contribution in [0, 0.1) is 0 Å². The van der Waals surface area contributed by atoms with Gasteiger partial charge in [-0.15, -0.1) is 0 Å². The summed E-state index contributed by atoms with van der Waals surface area (Å²) in [6, 6.07) is 0. The van der Waals surface area contributed by atoms with Crippen LogP contribution in [0.1, 0.15) is 110 Å². The molecule has 0 amide bonds. The van der Waals surface area contributed by atoms with Gasteiger partial charge in [0.15, 0.2) is 0 Å².